The van der Waals surface area contributed by atoms with Crippen LogP contribution in [0.15, 0.2) is 66.7 Å². The number of nitrogens with zero attached hydrogens (tertiary/aromatic N) is 3. The van der Waals surface area contributed by atoms with Gasteiger partial charge in [-0.2, -0.15) is 0 Å². The lowest BCUT2D eigenvalue weighted by Gasteiger charge is -2.23. The van der Waals surface area contributed by atoms with Crippen LogP contribution in [0.5, 0.6) is 11.5 Å². The number of rotatable bonds is 9. The summed E-state index contributed by atoms with van der Waals surface area (Å²) in [6.45, 7) is 5.91. The summed E-state index contributed by atoms with van der Waals surface area (Å²) >= 11 is 0. The van der Waals surface area contributed by atoms with Gasteiger partial charge in [-0.3, -0.25) is 4.79 Å². The Bertz CT molecular complexity index is 1300. The first-order valence-corrected chi connectivity index (χ1v) is 11.9. The maximum absolute atomic E-state index is 12.4. The average molecular weight is 490 g/mol. The van der Waals surface area contributed by atoms with E-state index in [2.05, 4.69) is 10.2 Å². The van der Waals surface area contributed by atoms with Gasteiger partial charge >= 0.3 is 5.97 Å². The molecule has 0 fully saturated rings. The Morgan fingerprint density at radius 2 is 1.61 bits per heavy atom. The van der Waals surface area contributed by atoms with E-state index in [0.717, 1.165) is 22.2 Å². The number of benzene rings is 3. The predicted octanol–water partition coefficient (Wildman–Crippen LogP) is 4.34. The molecule has 0 aliphatic carbocycles. The van der Waals surface area contributed by atoms with Crippen LogP contribution in [0.4, 0.5) is 0 Å². The SMILES string of the molecule is CC(C)(C)c1cc(CCC(=O)OCC(O)COc2ccccc2)cc(-n2nc3ccccc3n2)c1O. The zero-order valence-electron chi connectivity index (χ0n) is 20.7. The van der Waals surface area contributed by atoms with E-state index in [0.29, 0.717) is 17.9 Å². The number of phenolic OH excluding ortho intramolecular Hbond substituents is 1. The monoisotopic (exact) mass is 489 g/mol. The van der Waals surface area contributed by atoms with E-state index in [1.54, 1.807) is 18.2 Å². The average Bonchev–Trinajstić information content (AvgIpc) is 3.29. The van der Waals surface area contributed by atoms with Crippen molar-refractivity contribution in [3.05, 3.63) is 77.9 Å². The van der Waals surface area contributed by atoms with E-state index < -0.39 is 12.1 Å². The molecule has 2 N–H and O–H groups in total. The van der Waals surface area contributed by atoms with Gasteiger partial charge in [0.15, 0.2) is 0 Å². The van der Waals surface area contributed by atoms with E-state index in [4.69, 9.17) is 9.47 Å². The Morgan fingerprint density at radius 1 is 0.972 bits per heavy atom. The number of hydrogen-bond donors (Lipinski definition) is 2. The van der Waals surface area contributed by atoms with Crippen molar-refractivity contribution in [3.63, 3.8) is 0 Å². The van der Waals surface area contributed by atoms with Gasteiger partial charge in [-0.15, -0.1) is 15.0 Å². The van der Waals surface area contributed by atoms with Crippen LogP contribution in [-0.2, 0) is 21.4 Å². The molecule has 0 saturated heterocycles. The van der Waals surface area contributed by atoms with Gasteiger partial charge in [-0.25, -0.2) is 0 Å². The summed E-state index contributed by atoms with van der Waals surface area (Å²) < 4.78 is 10.7. The van der Waals surface area contributed by atoms with Crippen molar-refractivity contribution < 1.29 is 24.5 Å². The molecule has 0 radical (unpaired) electrons. The van der Waals surface area contributed by atoms with E-state index in [9.17, 15) is 15.0 Å². The maximum atomic E-state index is 12.4. The van der Waals surface area contributed by atoms with Crippen LogP contribution in [0, 0.1) is 0 Å². The van der Waals surface area contributed by atoms with Crippen molar-refractivity contribution >= 4 is 17.0 Å². The molecule has 188 valence electrons. The highest BCUT2D eigenvalue weighted by Gasteiger charge is 2.23. The smallest absolute Gasteiger partial charge is 0.306 e. The van der Waals surface area contributed by atoms with Gasteiger partial charge in [0.2, 0.25) is 0 Å². The number of para-hydroxylation sites is 1. The fraction of sp³-hybridized carbons (Fsp3) is 0.321. The highest BCUT2D eigenvalue weighted by Crippen LogP contribution is 2.36. The first-order chi connectivity index (χ1) is 17.2. The first kappa shape index (κ1) is 25.2. The highest BCUT2D eigenvalue weighted by molar-refractivity contribution is 5.74. The number of aliphatic hydroxyl groups is 1. The molecule has 0 aliphatic rings. The number of esters is 1. The fourth-order valence-corrected chi connectivity index (χ4v) is 3.78. The van der Waals surface area contributed by atoms with Crippen LogP contribution in [-0.4, -0.2) is 50.5 Å². The molecule has 3 aromatic carbocycles. The molecule has 4 aromatic rings. The van der Waals surface area contributed by atoms with Crippen LogP contribution in [0.25, 0.3) is 16.7 Å². The zero-order chi connectivity index (χ0) is 25.7. The van der Waals surface area contributed by atoms with E-state index >= 15 is 0 Å². The number of fused-ring (bicyclic) bond motifs is 1. The molecule has 1 aromatic heterocycles. The summed E-state index contributed by atoms with van der Waals surface area (Å²) in [5, 5.41) is 30.1. The van der Waals surface area contributed by atoms with Gasteiger partial charge in [0.1, 0.15) is 47.5 Å². The summed E-state index contributed by atoms with van der Waals surface area (Å²) in [6, 6.07) is 20.3. The standard InChI is InChI=1S/C28H31N3O5/c1-28(2,3)22-15-19(16-25(27(22)34)31-29-23-11-7-8-12-24(23)30-31)13-14-26(33)36-18-20(32)17-35-21-9-5-4-6-10-21/h4-12,15-16,20,32,34H,13-14,17-18H2,1-3H3. The number of ether oxygens (including phenoxy) is 2. The number of aryl methyl sites for hydroxylation is 1. The van der Waals surface area contributed by atoms with Crippen molar-refractivity contribution in [1.29, 1.82) is 0 Å². The molecule has 0 amide bonds. The van der Waals surface area contributed by atoms with Crippen molar-refractivity contribution in [3.8, 4) is 17.2 Å². The Kier molecular flexibility index (Phi) is 7.55. The number of aromatic nitrogens is 3. The fourth-order valence-electron chi connectivity index (χ4n) is 3.78. The third-order valence-electron chi connectivity index (χ3n) is 5.70. The maximum Gasteiger partial charge on any atom is 0.306 e. The molecule has 8 heteroatoms. The number of carbonyl (C=O) groups is 1. The largest absolute Gasteiger partial charge is 0.505 e. The van der Waals surface area contributed by atoms with Crippen LogP contribution in [0.2, 0.25) is 0 Å². The van der Waals surface area contributed by atoms with Gasteiger partial charge in [-0.1, -0.05) is 57.2 Å². The minimum atomic E-state index is -0.929. The van der Waals surface area contributed by atoms with Crippen LogP contribution < -0.4 is 4.74 Å². The van der Waals surface area contributed by atoms with Crippen molar-refractivity contribution in [1.82, 2.24) is 15.0 Å². The molecule has 0 bridgehead atoms. The summed E-state index contributed by atoms with van der Waals surface area (Å²) in [6.07, 6.45) is -0.414. The Balaban J connectivity index is 1.42. The molecule has 0 aliphatic heterocycles. The van der Waals surface area contributed by atoms with Gasteiger partial charge in [0.25, 0.3) is 0 Å². The molecular formula is C28H31N3O5. The Hall–Kier alpha value is -3.91. The molecule has 4 rings (SSSR count). The second kappa shape index (κ2) is 10.8. The third kappa shape index (κ3) is 6.20. The molecule has 1 unspecified atom stereocenters. The predicted molar refractivity (Wildman–Crippen MR) is 136 cm³/mol. The second-order valence-electron chi connectivity index (χ2n) is 9.70. The Labute approximate surface area is 210 Å². The summed E-state index contributed by atoms with van der Waals surface area (Å²) in [4.78, 5) is 13.8. The van der Waals surface area contributed by atoms with E-state index in [1.165, 1.54) is 4.80 Å². The van der Waals surface area contributed by atoms with Gasteiger partial charge in [0, 0.05) is 12.0 Å². The molecule has 0 saturated carbocycles. The minimum Gasteiger partial charge on any atom is -0.505 e. The normalized spacial score (nSPS) is 12.4. The summed E-state index contributed by atoms with van der Waals surface area (Å²) in [5.41, 5.74) is 3.13. The van der Waals surface area contributed by atoms with Crippen molar-refractivity contribution in [2.75, 3.05) is 13.2 Å². The van der Waals surface area contributed by atoms with E-state index in [1.807, 2.05) is 69.3 Å². The van der Waals surface area contributed by atoms with Crippen LogP contribution in [0.1, 0.15) is 38.3 Å². The lowest BCUT2D eigenvalue weighted by Crippen LogP contribution is -2.25. The van der Waals surface area contributed by atoms with Crippen molar-refractivity contribution in [2.24, 2.45) is 0 Å². The quantitative estimate of drug-likeness (QED) is 0.337. The summed E-state index contributed by atoms with van der Waals surface area (Å²) in [5.74, 6) is 0.319. The lowest BCUT2D eigenvalue weighted by molar-refractivity contribution is -0.147. The highest BCUT2D eigenvalue weighted by atomic mass is 16.5. The zero-order valence-corrected chi connectivity index (χ0v) is 20.7. The van der Waals surface area contributed by atoms with Crippen LogP contribution in [0.3, 0.4) is 0 Å². The molecule has 0 spiro atoms. The minimum absolute atomic E-state index is 0.0266. The number of aliphatic hydroxyl groups excluding tert-OH is 1. The molecule has 8 nitrogen and oxygen atoms in total. The molecule has 1 heterocycles. The number of phenols is 1. The second-order valence-corrected chi connectivity index (χ2v) is 9.70. The first-order valence-electron chi connectivity index (χ1n) is 11.9. The number of hydrogen-bond acceptors (Lipinski definition) is 7. The number of aromatic hydroxyl groups is 1. The lowest BCUT2D eigenvalue weighted by atomic mass is 9.84. The Morgan fingerprint density at radius 3 is 2.25 bits per heavy atom. The van der Waals surface area contributed by atoms with Gasteiger partial charge in [0.05, 0.1) is 0 Å². The van der Waals surface area contributed by atoms with E-state index in [-0.39, 0.29) is 30.8 Å². The van der Waals surface area contributed by atoms with Crippen LogP contribution >= 0.6 is 0 Å². The van der Waals surface area contributed by atoms with Gasteiger partial charge in [-0.05, 0) is 47.7 Å². The third-order valence-corrected chi connectivity index (χ3v) is 5.70. The molecular weight excluding hydrogens is 458 g/mol. The molecule has 1 atom stereocenters. The van der Waals surface area contributed by atoms with Gasteiger partial charge < -0.3 is 19.7 Å². The number of carbonyl (C=O) groups excluding carboxylic acids is 1. The summed E-state index contributed by atoms with van der Waals surface area (Å²) in [7, 11) is 0. The molecule has 36 heavy (non-hydrogen) atoms. The van der Waals surface area contributed by atoms with Crippen molar-refractivity contribution in [2.45, 2.75) is 45.1 Å². The topological polar surface area (TPSA) is 107 Å².